The fourth-order valence-corrected chi connectivity index (χ4v) is 2.35. The highest BCUT2D eigenvalue weighted by molar-refractivity contribution is 6.31. The number of rotatable bonds is 4. The average Bonchev–Trinajstić information content (AvgIpc) is 2.33. The number of anilines is 1. The first-order valence-corrected chi connectivity index (χ1v) is 6.46. The number of amides is 1. The van der Waals surface area contributed by atoms with E-state index in [2.05, 4.69) is 17.7 Å². The molecule has 5 heteroatoms. The van der Waals surface area contributed by atoms with E-state index in [1.807, 2.05) is 0 Å². The van der Waals surface area contributed by atoms with Crippen LogP contribution in [0, 0.1) is 5.41 Å². The zero-order valence-corrected chi connectivity index (χ0v) is 11.2. The molecule has 0 atom stereocenters. The van der Waals surface area contributed by atoms with Crippen LogP contribution in [0.25, 0.3) is 0 Å². The maximum absolute atomic E-state index is 12.1. The number of hydrazine groups is 1. The van der Waals surface area contributed by atoms with Crippen molar-refractivity contribution in [2.45, 2.75) is 26.2 Å². The van der Waals surface area contributed by atoms with Crippen LogP contribution in [-0.2, 0) is 0 Å². The van der Waals surface area contributed by atoms with Gasteiger partial charge in [-0.05, 0) is 36.5 Å². The highest BCUT2D eigenvalue weighted by Gasteiger charge is 2.32. The van der Waals surface area contributed by atoms with Gasteiger partial charge in [-0.1, -0.05) is 24.9 Å². The summed E-state index contributed by atoms with van der Waals surface area (Å²) in [4.78, 5) is 12.1. The van der Waals surface area contributed by atoms with Crippen molar-refractivity contribution >= 4 is 23.2 Å². The van der Waals surface area contributed by atoms with Crippen LogP contribution in [0.4, 0.5) is 5.69 Å². The van der Waals surface area contributed by atoms with Gasteiger partial charge < -0.3 is 10.7 Å². The molecule has 2 rings (SSSR count). The summed E-state index contributed by atoms with van der Waals surface area (Å²) in [7, 11) is 0. The van der Waals surface area contributed by atoms with Crippen molar-refractivity contribution in [3.8, 4) is 0 Å². The van der Waals surface area contributed by atoms with Gasteiger partial charge in [0.2, 0.25) is 0 Å². The van der Waals surface area contributed by atoms with E-state index in [1.165, 1.54) is 19.3 Å². The van der Waals surface area contributed by atoms with E-state index < -0.39 is 0 Å². The van der Waals surface area contributed by atoms with E-state index in [9.17, 15) is 4.79 Å². The van der Waals surface area contributed by atoms with Crippen molar-refractivity contribution in [2.24, 2.45) is 11.3 Å². The fourth-order valence-electron chi connectivity index (χ4n) is 2.18. The van der Waals surface area contributed by atoms with Gasteiger partial charge in [0, 0.05) is 11.6 Å². The third-order valence-corrected chi connectivity index (χ3v) is 3.85. The van der Waals surface area contributed by atoms with Crippen LogP contribution < -0.4 is 16.6 Å². The fraction of sp³-hybridized carbons (Fsp3) is 0.462. The Kier molecular flexibility index (Phi) is 3.78. The summed E-state index contributed by atoms with van der Waals surface area (Å²) < 4.78 is 0. The second-order valence-electron chi connectivity index (χ2n) is 5.18. The van der Waals surface area contributed by atoms with Crippen LogP contribution in [0.2, 0.25) is 5.02 Å². The molecule has 1 aromatic rings. The number of carbonyl (C=O) groups excluding carboxylic acids is 1. The number of nitrogen functional groups attached to an aromatic ring is 1. The molecule has 4 N–H and O–H groups in total. The zero-order chi connectivity index (χ0) is 13.2. The molecule has 0 aromatic heterocycles. The SMILES string of the molecule is CC1(CNC(=O)c2cc(Cl)ccc2NN)CCC1. The van der Waals surface area contributed by atoms with Crippen LogP contribution in [-0.4, -0.2) is 12.5 Å². The molecule has 0 radical (unpaired) electrons. The van der Waals surface area contributed by atoms with Gasteiger partial charge in [0.15, 0.2) is 0 Å². The number of carbonyl (C=O) groups is 1. The maximum Gasteiger partial charge on any atom is 0.253 e. The summed E-state index contributed by atoms with van der Waals surface area (Å²) >= 11 is 5.90. The first-order chi connectivity index (χ1) is 8.54. The summed E-state index contributed by atoms with van der Waals surface area (Å²) in [5.41, 5.74) is 3.82. The van der Waals surface area contributed by atoms with Gasteiger partial charge in [-0.2, -0.15) is 0 Å². The van der Waals surface area contributed by atoms with Crippen molar-refractivity contribution < 1.29 is 4.79 Å². The normalized spacial score (nSPS) is 16.8. The predicted octanol–water partition coefficient (Wildman–Crippen LogP) is 2.55. The summed E-state index contributed by atoms with van der Waals surface area (Å²) in [5.74, 6) is 5.24. The molecule has 0 spiro atoms. The summed E-state index contributed by atoms with van der Waals surface area (Å²) in [6, 6.07) is 5.01. The summed E-state index contributed by atoms with van der Waals surface area (Å²) in [6.07, 6.45) is 3.59. The Balaban J connectivity index is 2.05. The van der Waals surface area contributed by atoms with E-state index in [4.69, 9.17) is 17.4 Å². The standard InChI is InChI=1S/C13H18ClN3O/c1-13(5-2-6-13)8-16-12(18)10-7-9(14)3-4-11(10)17-15/h3-4,7,17H,2,5-6,8,15H2,1H3,(H,16,18). The molecule has 98 valence electrons. The predicted molar refractivity (Wildman–Crippen MR) is 73.6 cm³/mol. The van der Waals surface area contributed by atoms with Crippen molar-refractivity contribution in [1.29, 1.82) is 0 Å². The van der Waals surface area contributed by atoms with E-state index in [0.29, 0.717) is 22.8 Å². The van der Waals surface area contributed by atoms with Gasteiger partial charge in [-0.3, -0.25) is 10.6 Å². The second-order valence-corrected chi connectivity index (χ2v) is 5.62. The van der Waals surface area contributed by atoms with Crippen LogP contribution in [0.5, 0.6) is 0 Å². The molecular weight excluding hydrogens is 250 g/mol. The quantitative estimate of drug-likeness (QED) is 0.580. The molecule has 1 aliphatic rings. The molecule has 1 saturated carbocycles. The minimum atomic E-state index is -0.140. The van der Waals surface area contributed by atoms with Crippen LogP contribution >= 0.6 is 11.6 Å². The molecule has 1 aliphatic carbocycles. The molecule has 0 aliphatic heterocycles. The number of hydrogen-bond donors (Lipinski definition) is 3. The lowest BCUT2D eigenvalue weighted by molar-refractivity contribution is 0.0891. The van der Waals surface area contributed by atoms with Gasteiger partial charge in [-0.15, -0.1) is 0 Å². The Labute approximate surface area is 112 Å². The monoisotopic (exact) mass is 267 g/mol. The first kappa shape index (κ1) is 13.2. The van der Waals surface area contributed by atoms with Crippen molar-refractivity contribution in [3.63, 3.8) is 0 Å². The molecule has 4 nitrogen and oxygen atoms in total. The molecule has 1 fully saturated rings. The Bertz CT molecular complexity index is 458. The average molecular weight is 268 g/mol. The number of nitrogens with one attached hydrogen (secondary N) is 2. The van der Waals surface area contributed by atoms with E-state index in [-0.39, 0.29) is 11.3 Å². The molecule has 0 unspecified atom stereocenters. The van der Waals surface area contributed by atoms with Gasteiger partial charge >= 0.3 is 0 Å². The molecule has 0 heterocycles. The molecule has 0 bridgehead atoms. The zero-order valence-electron chi connectivity index (χ0n) is 10.4. The Morgan fingerprint density at radius 3 is 2.78 bits per heavy atom. The smallest absolute Gasteiger partial charge is 0.253 e. The second kappa shape index (κ2) is 5.16. The first-order valence-electron chi connectivity index (χ1n) is 6.08. The Morgan fingerprint density at radius 2 is 2.22 bits per heavy atom. The third-order valence-electron chi connectivity index (χ3n) is 3.62. The lowest BCUT2D eigenvalue weighted by Gasteiger charge is -2.38. The molecule has 0 saturated heterocycles. The number of halogens is 1. The van der Waals surface area contributed by atoms with Crippen molar-refractivity contribution in [2.75, 3.05) is 12.0 Å². The Morgan fingerprint density at radius 1 is 1.50 bits per heavy atom. The van der Waals surface area contributed by atoms with E-state index in [0.717, 1.165) is 0 Å². The highest BCUT2D eigenvalue weighted by Crippen LogP contribution is 2.39. The molecule has 1 amide bonds. The largest absolute Gasteiger partial charge is 0.351 e. The van der Waals surface area contributed by atoms with Crippen LogP contribution in [0.15, 0.2) is 18.2 Å². The highest BCUT2D eigenvalue weighted by atomic mass is 35.5. The molecular formula is C13H18ClN3O. The minimum absolute atomic E-state index is 0.140. The van der Waals surface area contributed by atoms with Crippen molar-refractivity contribution in [1.82, 2.24) is 5.32 Å². The van der Waals surface area contributed by atoms with Gasteiger partial charge in [0.1, 0.15) is 0 Å². The van der Waals surface area contributed by atoms with Gasteiger partial charge in [-0.25, -0.2) is 0 Å². The lowest BCUT2D eigenvalue weighted by atomic mass is 9.70. The van der Waals surface area contributed by atoms with E-state index in [1.54, 1.807) is 18.2 Å². The topological polar surface area (TPSA) is 67.2 Å². The number of nitrogens with two attached hydrogens (primary N) is 1. The molecule has 1 aromatic carbocycles. The van der Waals surface area contributed by atoms with Gasteiger partial charge in [0.25, 0.3) is 5.91 Å². The third kappa shape index (κ3) is 2.76. The van der Waals surface area contributed by atoms with E-state index >= 15 is 0 Å². The lowest BCUT2D eigenvalue weighted by Crippen LogP contribution is -2.40. The van der Waals surface area contributed by atoms with Crippen LogP contribution in [0.1, 0.15) is 36.5 Å². The maximum atomic E-state index is 12.1. The minimum Gasteiger partial charge on any atom is -0.351 e. The van der Waals surface area contributed by atoms with Crippen LogP contribution in [0.3, 0.4) is 0 Å². The summed E-state index contributed by atoms with van der Waals surface area (Å²) in [5, 5.41) is 3.47. The van der Waals surface area contributed by atoms with Crippen molar-refractivity contribution in [3.05, 3.63) is 28.8 Å². The Hall–Kier alpha value is -1.26. The number of benzene rings is 1. The van der Waals surface area contributed by atoms with Gasteiger partial charge in [0.05, 0.1) is 11.3 Å². The molecule has 18 heavy (non-hydrogen) atoms. The number of hydrogen-bond acceptors (Lipinski definition) is 3. The summed E-state index contributed by atoms with van der Waals surface area (Å²) in [6.45, 7) is 2.89.